The van der Waals surface area contributed by atoms with Crippen molar-refractivity contribution in [2.24, 2.45) is 5.92 Å². The van der Waals surface area contributed by atoms with E-state index >= 15 is 0 Å². The Morgan fingerprint density at radius 1 is 1.47 bits per heavy atom. The molecule has 0 radical (unpaired) electrons. The standard InChI is InChI=1S/C10H12BrNO2S/c1-8-6-12(15(13,14)7-8)10-4-2-3-9(11)5-10/h2-5,8H,6-7H2,1H3. The van der Waals surface area contributed by atoms with Crippen molar-refractivity contribution in [3.05, 3.63) is 28.7 Å². The van der Waals surface area contributed by atoms with Crippen LogP contribution in [0.15, 0.2) is 28.7 Å². The zero-order valence-electron chi connectivity index (χ0n) is 8.35. The predicted molar refractivity (Wildman–Crippen MR) is 64.4 cm³/mol. The van der Waals surface area contributed by atoms with Gasteiger partial charge in [-0.2, -0.15) is 0 Å². The Morgan fingerprint density at radius 3 is 2.73 bits per heavy atom. The fourth-order valence-corrected chi connectivity index (χ4v) is 4.10. The summed E-state index contributed by atoms with van der Waals surface area (Å²) in [6.07, 6.45) is 0. The lowest BCUT2D eigenvalue weighted by Gasteiger charge is -2.17. The van der Waals surface area contributed by atoms with Gasteiger partial charge in [0, 0.05) is 11.0 Å². The number of nitrogens with zero attached hydrogens (tertiary/aromatic N) is 1. The summed E-state index contributed by atoms with van der Waals surface area (Å²) in [5.41, 5.74) is 0.744. The molecule has 0 spiro atoms. The quantitative estimate of drug-likeness (QED) is 0.795. The Labute approximate surface area is 98.3 Å². The van der Waals surface area contributed by atoms with Crippen molar-refractivity contribution >= 4 is 31.6 Å². The average molecular weight is 290 g/mol. The van der Waals surface area contributed by atoms with Crippen LogP contribution in [0.4, 0.5) is 5.69 Å². The molecule has 1 fully saturated rings. The van der Waals surface area contributed by atoms with Crippen LogP contribution in [0.5, 0.6) is 0 Å². The fourth-order valence-electron chi connectivity index (χ4n) is 1.80. The van der Waals surface area contributed by atoms with E-state index in [-0.39, 0.29) is 11.7 Å². The Bertz CT molecular complexity index is 472. The van der Waals surface area contributed by atoms with Crippen LogP contribution >= 0.6 is 15.9 Å². The number of hydrogen-bond donors (Lipinski definition) is 0. The first kappa shape index (κ1) is 11.0. The van der Waals surface area contributed by atoms with E-state index in [1.165, 1.54) is 4.31 Å². The van der Waals surface area contributed by atoms with E-state index in [2.05, 4.69) is 15.9 Å². The Morgan fingerprint density at radius 2 is 2.20 bits per heavy atom. The van der Waals surface area contributed by atoms with Gasteiger partial charge in [-0.1, -0.05) is 28.9 Å². The van der Waals surface area contributed by atoms with E-state index < -0.39 is 10.0 Å². The molecule has 0 bridgehead atoms. The molecule has 3 nitrogen and oxygen atoms in total. The van der Waals surface area contributed by atoms with Crippen LogP contribution in [-0.4, -0.2) is 20.7 Å². The van der Waals surface area contributed by atoms with E-state index in [1.54, 1.807) is 0 Å². The van der Waals surface area contributed by atoms with Gasteiger partial charge < -0.3 is 0 Å². The smallest absolute Gasteiger partial charge is 0.235 e. The summed E-state index contributed by atoms with van der Waals surface area (Å²) in [4.78, 5) is 0. The molecule has 2 rings (SSSR count). The molecule has 0 amide bonds. The molecule has 0 saturated carbocycles. The largest absolute Gasteiger partial charge is 0.270 e. The maximum absolute atomic E-state index is 11.8. The van der Waals surface area contributed by atoms with Crippen molar-refractivity contribution in [1.82, 2.24) is 0 Å². The number of sulfonamides is 1. The molecule has 5 heteroatoms. The Hall–Kier alpha value is -0.550. The summed E-state index contributed by atoms with van der Waals surface area (Å²) in [5.74, 6) is 0.452. The summed E-state index contributed by atoms with van der Waals surface area (Å²) in [6.45, 7) is 2.54. The zero-order valence-corrected chi connectivity index (χ0v) is 10.8. The first-order chi connectivity index (χ1) is 6.99. The molecular weight excluding hydrogens is 278 g/mol. The molecular formula is C10H12BrNO2S. The predicted octanol–water partition coefficient (Wildman–Crippen LogP) is 2.24. The molecule has 1 saturated heterocycles. The number of rotatable bonds is 1. The molecule has 0 N–H and O–H groups in total. The molecule has 1 unspecified atom stereocenters. The highest BCUT2D eigenvalue weighted by Gasteiger charge is 2.33. The van der Waals surface area contributed by atoms with Gasteiger partial charge in [0.25, 0.3) is 0 Å². The van der Waals surface area contributed by atoms with Crippen LogP contribution in [0.25, 0.3) is 0 Å². The van der Waals surface area contributed by atoms with Gasteiger partial charge in [-0.3, -0.25) is 4.31 Å². The van der Waals surface area contributed by atoms with Crippen LogP contribution in [0.1, 0.15) is 6.92 Å². The SMILES string of the molecule is CC1CN(c2cccc(Br)c2)S(=O)(=O)C1. The summed E-state index contributed by atoms with van der Waals surface area (Å²) in [6, 6.07) is 7.38. The lowest BCUT2D eigenvalue weighted by Crippen LogP contribution is -2.25. The van der Waals surface area contributed by atoms with Crippen molar-refractivity contribution in [2.45, 2.75) is 6.92 Å². The third-order valence-electron chi connectivity index (χ3n) is 2.40. The van der Waals surface area contributed by atoms with Crippen molar-refractivity contribution < 1.29 is 8.42 Å². The van der Waals surface area contributed by atoms with Crippen LogP contribution in [0, 0.1) is 5.92 Å². The molecule has 1 aliphatic heterocycles. The van der Waals surface area contributed by atoms with Gasteiger partial charge in [-0.15, -0.1) is 0 Å². The van der Waals surface area contributed by atoms with E-state index in [4.69, 9.17) is 0 Å². The van der Waals surface area contributed by atoms with E-state index in [0.717, 1.165) is 10.2 Å². The molecule has 0 aliphatic carbocycles. The normalized spacial score (nSPS) is 24.4. The third-order valence-corrected chi connectivity index (χ3v) is 4.92. The Kier molecular flexibility index (Phi) is 2.77. The molecule has 82 valence electrons. The monoisotopic (exact) mass is 289 g/mol. The molecule has 15 heavy (non-hydrogen) atoms. The summed E-state index contributed by atoms with van der Waals surface area (Å²) < 4.78 is 26.0. The summed E-state index contributed by atoms with van der Waals surface area (Å²) >= 11 is 3.34. The second-order valence-corrected chi connectivity index (χ2v) is 6.75. The second-order valence-electron chi connectivity index (χ2n) is 3.89. The number of hydrogen-bond acceptors (Lipinski definition) is 2. The molecule has 1 aromatic carbocycles. The third kappa shape index (κ3) is 2.18. The highest BCUT2D eigenvalue weighted by molar-refractivity contribution is 9.10. The van der Waals surface area contributed by atoms with Crippen LogP contribution < -0.4 is 4.31 Å². The van der Waals surface area contributed by atoms with Crippen LogP contribution in [0.2, 0.25) is 0 Å². The minimum absolute atomic E-state index is 0.203. The average Bonchev–Trinajstić information content (AvgIpc) is 2.39. The summed E-state index contributed by atoms with van der Waals surface area (Å²) in [5, 5.41) is 0. The first-order valence-corrected chi connectivity index (χ1v) is 7.15. The van der Waals surface area contributed by atoms with E-state index in [0.29, 0.717) is 6.54 Å². The van der Waals surface area contributed by atoms with E-state index in [1.807, 2.05) is 31.2 Å². The van der Waals surface area contributed by atoms with Crippen LogP contribution in [-0.2, 0) is 10.0 Å². The van der Waals surface area contributed by atoms with Gasteiger partial charge in [-0.05, 0) is 24.1 Å². The molecule has 1 heterocycles. The number of halogens is 1. The maximum Gasteiger partial charge on any atom is 0.235 e. The second kappa shape index (κ2) is 3.79. The first-order valence-electron chi connectivity index (χ1n) is 4.75. The lowest BCUT2D eigenvalue weighted by atomic mass is 10.2. The summed E-state index contributed by atoms with van der Waals surface area (Å²) in [7, 11) is -3.09. The molecule has 0 aromatic heterocycles. The number of benzene rings is 1. The van der Waals surface area contributed by atoms with Crippen molar-refractivity contribution in [1.29, 1.82) is 0 Å². The minimum atomic E-state index is -3.09. The highest BCUT2D eigenvalue weighted by atomic mass is 79.9. The van der Waals surface area contributed by atoms with Crippen molar-refractivity contribution in [3.63, 3.8) is 0 Å². The Balaban J connectivity index is 2.40. The number of anilines is 1. The maximum atomic E-state index is 11.8. The lowest BCUT2D eigenvalue weighted by molar-refractivity contribution is 0.598. The van der Waals surface area contributed by atoms with Crippen molar-refractivity contribution in [3.8, 4) is 0 Å². The fraction of sp³-hybridized carbons (Fsp3) is 0.400. The van der Waals surface area contributed by atoms with Gasteiger partial charge in [0.1, 0.15) is 0 Å². The van der Waals surface area contributed by atoms with Gasteiger partial charge in [0.2, 0.25) is 10.0 Å². The van der Waals surface area contributed by atoms with Crippen molar-refractivity contribution in [2.75, 3.05) is 16.6 Å². The molecule has 1 aliphatic rings. The van der Waals surface area contributed by atoms with Gasteiger partial charge in [0.15, 0.2) is 0 Å². The highest BCUT2D eigenvalue weighted by Crippen LogP contribution is 2.28. The van der Waals surface area contributed by atoms with Gasteiger partial charge in [0.05, 0.1) is 11.4 Å². The zero-order chi connectivity index (χ0) is 11.1. The topological polar surface area (TPSA) is 37.4 Å². The molecule has 1 aromatic rings. The van der Waals surface area contributed by atoms with Gasteiger partial charge in [-0.25, -0.2) is 8.42 Å². The minimum Gasteiger partial charge on any atom is -0.270 e. The van der Waals surface area contributed by atoms with Gasteiger partial charge >= 0.3 is 0 Å². The molecule has 1 atom stereocenters. The van der Waals surface area contributed by atoms with E-state index in [9.17, 15) is 8.42 Å². The van der Waals surface area contributed by atoms with Crippen LogP contribution in [0.3, 0.4) is 0 Å².